The monoisotopic (exact) mass is 503 g/mol. The van der Waals surface area contributed by atoms with E-state index in [9.17, 15) is 19.2 Å². The van der Waals surface area contributed by atoms with Crippen LogP contribution in [0, 0.1) is 0 Å². The van der Waals surface area contributed by atoms with Gasteiger partial charge in [-0.2, -0.15) is 0 Å². The van der Waals surface area contributed by atoms with Crippen LogP contribution in [0.4, 0.5) is 0 Å². The number of esters is 4. The van der Waals surface area contributed by atoms with Gasteiger partial charge in [-0.25, -0.2) is 9.59 Å². The molecular weight excluding hydrogens is 470 g/mol. The van der Waals surface area contributed by atoms with Crippen molar-refractivity contribution in [3.05, 3.63) is 52.4 Å². The van der Waals surface area contributed by atoms with Gasteiger partial charge in [0.2, 0.25) is 0 Å². The molecule has 1 aliphatic rings. The number of benzene rings is 1. The van der Waals surface area contributed by atoms with Crippen LogP contribution in [0.3, 0.4) is 0 Å². The Morgan fingerprint density at radius 1 is 0.778 bits per heavy atom. The molecule has 10 nitrogen and oxygen atoms in total. The van der Waals surface area contributed by atoms with Crippen LogP contribution in [-0.2, 0) is 38.1 Å². The third-order valence-corrected chi connectivity index (χ3v) is 5.28. The summed E-state index contributed by atoms with van der Waals surface area (Å²) in [6, 6.07) is 7.07. The SMILES string of the molecule is COc1cccc(C2C(C(=O)OCCCOC(C)=O)=C(C)NC(C)=C2C(=O)OCCCOC(C)=O)c1. The first-order valence-corrected chi connectivity index (χ1v) is 11.6. The van der Waals surface area contributed by atoms with Gasteiger partial charge in [-0.3, -0.25) is 9.59 Å². The number of hydrogen-bond acceptors (Lipinski definition) is 10. The molecule has 0 fully saturated rings. The number of dihydropyridines is 1. The highest BCUT2D eigenvalue weighted by Crippen LogP contribution is 2.40. The van der Waals surface area contributed by atoms with Crippen LogP contribution in [0.5, 0.6) is 5.75 Å². The molecular formula is C26H33NO9. The van der Waals surface area contributed by atoms with Gasteiger partial charge in [0.05, 0.1) is 50.6 Å². The average molecular weight is 504 g/mol. The maximum absolute atomic E-state index is 13.2. The summed E-state index contributed by atoms with van der Waals surface area (Å²) in [5.41, 5.74) is 2.24. The van der Waals surface area contributed by atoms with E-state index in [1.807, 2.05) is 0 Å². The molecule has 0 amide bonds. The van der Waals surface area contributed by atoms with Crippen LogP contribution in [0.15, 0.2) is 46.8 Å². The highest BCUT2D eigenvalue weighted by atomic mass is 16.6. The predicted molar refractivity (Wildman–Crippen MR) is 129 cm³/mol. The lowest BCUT2D eigenvalue weighted by Gasteiger charge is -2.30. The van der Waals surface area contributed by atoms with Crippen LogP contribution in [0.2, 0.25) is 0 Å². The van der Waals surface area contributed by atoms with Gasteiger partial charge >= 0.3 is 23.9 Å². The van der Waals surface area contributed by atoms with Gasteiger partial charge in [-0.1, -0.05) is 12.1 Å². The minimum atomic E-state index is -0.775. The van der Waals surface area contributed by atoms with Crippen LogP contribution < -0.4 is 10.1 Å². The zero-order chi connectivity index (χ0) is 26.7. The Morgan fingerprint density at radius 3 is 1.69 bits per heavy atom. The van der Waals surface area contributed by atoms with Gasteiger partial charge < -0.3 is 29.0 Å². The Bertz CT molecular complexity index is 984. The van der Waals surface area contributed by atoms with Gasteiger partial charge in [0.25, 0.3) is 0 Å². The molecule has 0 aliphatic carbocycles. The van der Waals surface area contributed by atoms with Crippen LogP contribution >= 0.6 is 0 Å². The van der Waals surface area contributed by atoms with Crippen molar-refractivity contribution in [2.75, 3.05) is 33.5 Å². The van der Waals surface area contributed by atoms with Crippen molar-refractivity contribution in [2.24, 2.45) is 0 Å². The molecule has 1 aliphatic heterocycles. The lowest BCUT2D eigenvalue weighted by Crippen LogP contribution is -2.32. The van der Waals surface area contributed by atoms with Crippen molar-refractivity contribution in [2.45, 2.75) is 46.5 Å². The number of rotatable bonds is 12. The molecule has 1 heterocycles. The summed E-state index contributed by atoms with van der Waals surface area (Å²) >= 11 is 0. The number of hydrogen-bond donors (Lipinski definition) is 1. The molecule has 0 spiro atoms. The van der Waals surface area contributed by atoms with Crippen LogP contribution in [0.25, 0.3) is 0 Å². The van der Waals surface area contributed by atoms with E-state index in [-0.39, 0.29) is 37.6 Å². The Labute approximate surface area is 210 Å². The molecule has 1 aromatic carbocycles. The molecule has 36 heavy (non-hydrogen) atoms. The highest BCUT2D eigenvalue weighted by molar-refractivity contribution is 5.99. The van der Waals surface area contributed by atoms with Gasteiger partial charge in [-0.05, 0) is 31.5 Å². The van der Waals surface area contributed by atoms with E-state index >= 15 is 0 Å². The Morgan fingerprint density at radius 2 is 1.25 bits per heavy atom. The summed E-state index contributed by atoms with van der Waals surface area (Å²) in [6.45, 7) is 6.39. The quantitative estimate of drug-likeness (QED) is 0.258. The topological polar surface area (TPSA) is 126 Å². The minimum Gasteiger partial charge on any atom is -0.497 e. The van der Waals surface area contributed by atoms with Gasteiger partial charge in [0.15, 0.2) is 0 Å². The van der Waals surface area contributed by atoms with E-state index in [1.165, 1.54) is 21.0 Å². The maximum Gasteiger partial charge on any atom is 0.336 e. The summed E-state index contributed by atoms with van der Waals surface area (Å²) in [5.74, 6) is -2.25. The second kappa shape index (κ2) is 13.9. The number of carbonyl (C=O) groups is 4. The third-order valence-electron chi connectivity index (χ3n) is 5.28. The first-order valence-electron chi connectivity index (χ1n) is 11.6. The molecule has 2 rings (SSSR count). The van der Waals surface area contributed by atoms with E-state index in [1.54, 1.807) is 38.1 Å². The molecule has 1 N–H and O–H groups in total. The van der Waals surface area contributed by atoms with Gasteiger partial charge in [0.1, 0.15) is 5.75 Å². The first kappa shape index (κ1) is 28.4. The number of allylic oxidation sites excluding steroid dienone is 2. The fourth-order valence-corrected chi connectivity index (χ4v) is 3.72. The summed E-state index contributed by atoms with van der Waals surface area (Å²) in [6.07, 6.45) is 0.669. The summed E-state index contributed by atoms with van der Waals surface area (Å²) in [7, 11) is 1.53. The molecule has 10 heteroatoms. The predicted octanol–water partition coefficient (Wildman–Crippen LogP) is 2.92. The number of ether oxygens (including phenoxy) is 5. The summed E-state index contributed by atoms with van der Waals surface area (Å²) < 4.78 is 26.0. The highest BCUT2D eigenvalue weighted by Gasteiger charge is 2.38. The molecule has 196 valence electrons. The van der Waals surface area contributed by atoms with Crippen molar-refractivity contribution < 1.29 is 42.9 Å². The average Bonchev–Trinajstić information content (AvgIpc) is 2.82. The summed E-state index contributed by atoms with van der Waals surface area (Å²) in [5, 5.41) is 3.09. The lowest BCUT2D eigenvalue weighted by molar-refractivity contribution is -0.144. The molecule has 0 saturated heterocycles. The molecule has 0 bridgehead atoms. The molecule has 0 unspecified atom stereocenters. The van der Waals surface area contributed by atoms with Crippen molar-refractivity contribution in [1.82, 2.24) is 5.32 Å². The smallest absolute Gasteiger partial charge is 0.336 e. The van der Waals surface area contributed by atoms with Gasteiger partial charge in [-0.15, -0.1) is 0 Å². The Hall–Kier alpha value is -3.82. The molecule has 0 radical (unpaired) electrons. The summed E-state index contributed by atoms with van der Waals surface area (Å²) in [4.78, 5) is 48.3. The van der Waals surface area contributed by atoms with Gasteiger partial charge in [0, 0.05) is 38.1 Å². The standard InChI is InChI=1S/C26H33NO9/c1-16-22(25(30)35-13-7-11-33-18(3)28)24(20-9-6-10-21(15-20)32-5)23(17(2)27-16)26(31)36-14-8-12-34-19(4)29/h6,9-10,15,24,27H,7-8,11-14H2,1-5H3. The Balaban J connectivity index is 2.29. The van der Waals surface area contributed by atoms with Crippen molar-refractivity contribution in [3.63, 3.8) is 0 Å². The number of nitrogens with one attached hydrogen (secondary N) is 1. The Kier molecular flexibility index (Phi) is 11.0. The van der Waals surface area contributed by atoms with Crippen molar-refractivity contribution in [1.29, 1.82) is 0 Å². The molecule has 0 saturated carbocycles. The minimum absolute atomic E-state index is 0.0341. The number of methoxy groups -OCH3 is 1. The zero-order valence-corrected chi connectivity index (χ0v) is 21.3. The van der Waals surface area contributed by atoms with Crippen molar-refractivity contribution in [3.8, 4) is 5.75 Å². The first-order chi connectivity index (χ1) is 17.1. The van der Waals surface area contributed by atoms with E-state index < -0.39 is 29.8 Å². The fraction of sp³-hybridized carbons (Fsp3) is 0.462. The van der Waals surface area contributed by atoms with E-state index in [0.717, 1.165) is 0 Å². The normalized spacial score (nSPS) is 13.6. The van der Waals surface area contributed by atoms with Crippen LogP contribution in [-0.4, -0.2) is 57.4 Å². The van der Waals surface area contributed by atoms with E-state index in [0.29, 0.717) is 35.5 Å². The van der Waals surface area contributed by atoms with E-state index in [4.69, 9.17) is 23.7 Å². The molecule has 0 aromatic heterocycles. The fourth-order valence-electron chi connectivity index (χ4n) is 3.72. The molecule has 1 aromatic rings. The van der Waals surface area contributed by atoms with Crippen LogP contribution in [0.1, 0.15) is 52.0 Å². The second-order valence-electron chi connectivity index (χ2n) is 8.07. The second-order valence-corrected chi connectivity index (χ2v) is 8.07. The van der Waals surface area contributed by atoms with Crippen molar-refractivity contribution >= 4 is 23.9 Å². The zero-order valence-electron chi connectivity index (χ0n) is 21.3. The van der Waals surface area contributed by atoms with E-state index in [2.05, 4.69) is 5.32 Å². The molecule has 0 atom stereocenters. The lowest BCUT2D eigenvalue weighted by atomic mass is 9.80. The third kappa shape index (κ3) is 8.14. The largest absolute Gasteiger partial charge is 0.497 e. The maximum atomic E-state index is 13.2. The number of carbonyl (C=O) groups excluding carboxylic acids is 4.